The van der Waals surface area contributed by atoms with Crippen LogP contribution in [0.3, 0.4) is 0 Å². The van der Waals surface area contributed by atoms with Crippen molar-refractivity contribution in [3.8, 4) is 11.3 Å². The minimum absolute atomic E-state index is 0.115. The van der Waals surface area contributed by atoms with Crippen molar-refractivity contribution in [1.82, 2.24) is 0 Å². The van der Waals surface area contributed by atoms with E-state index in [2.05, 4.69) is 4.99 Å². The molecule has 0 unspecified atom stereocenters. The van der Waals surface area contributed by atoms with E-state index in [1.807, 2.05) is 42.5 Å². The Kier molecular flexibility index (Phi) is 4.48. The maximum Gasteiger partial charge on any atom is 0.136 e. The third kappa shape index (κ3) is 3.61. The Labute approximate surface area is 160 Å². The van der Waals surface area contributed by atoms with Crippen molar-refractivity contribution in [2.75, 3.05) is 0 Å². The molecule has 0 aliphatic carbocycles. The largest absolute Gasteiger partial charge is 0.545 e. The summed E-state index contributed by atoms with van der Waals surface area (Å²) < 4.78 is 6.03. The zero-order valence-corrected chi connectivity index (χ0v) is 14.8. The monoisotopic (exact) mass is 374 g/mol. The number of fused-ring (bicyclic) bond motifs is 1. The Balaban J connectivity index is 1.90. The number of carboxylic acid groups (broad SMARTS) is 1. The average Bonchev–Trinajstić information content (AvgIpc) is 2.69. The van der Waals surface area contributed by atoms with Crippen LogP contribution in [0.2, 0.25) is 5.02 Å². The number of carbonyl (C=O) groups is 1. The smallest absolute Gasteiger partial charge is 0.136 e. The number of aromatic carboxylic acids is 1. The third-order valence-electron chi connectivity index (χ3n) is 4.13. The van der Waals surface area contributed by atoms with E-state index < -0.39 is 5.97 Å². The van der Waals surface area contributed by atoms with Gasteiger partial charge in [0.05, 0.1) is 17.0 Å². The molecule has 4 aromatic rings. The van der Waals surface area contributed by atoms with Gasteiger partial charge in [-0.2, -0.15) is 0 Å². The molecule has 1 aromatic heterocycles. The van der Waals surface area contributed by atoms with Gasteiger partial charge in [0.1, 0.15) is 11.3 Å². The fraction of sp³-hybridized carbons (Fsp3) is 0. The van der Waals surface area contributed by atoms with Gasteiger partial charge in [-0.15, -0.1) is 0 Å². The molecule has 0 saturated carbocycles. The van der Waals surface area contributed by atoms with E-state index in [4.69, 9.17) is 16.0 Å². The third-order valence-corrected chi connectivity index (χ3v) is 4.38. The van der Waals surface area contributed by atoms with Crippen LogP contribution in [0.4, 0.5) is 5.69 Å². The van der Waals surface area contributed by atoms with Crippen molar-refractivity contribution in [3.05, 3.63) is 94.8 Å². The maximum absolute atomic E-state index is 10.9. The van der Waals surface area contributed by atoms with Crippen LogP contribution in [0.15, 0.2) is 88.3 Å². The Hall–Kier alpha value is -3.37. The molecule has 5 heteroatoms. The first-order chi connectivity index (χ1) is 13.1. The van der Waals surface area contributed by atoms with Gasteiger partial charge >= 0.3 is 0 Å². The average molecular weight is 375 g/mol. The van der Waals surface area contributed by atoms with Gasteiger partial charge in [-0.3, -0.25) is 0 Å². The van der Waals surface area contributed by atoms with Crippen LogP contribution in [-0.2, 0) is 0 Å². The minimum Gasteiger partial charge on any atom is -0.545 e. The van der Waals surface area contributed by atoms with Crippen molar-refractivity contribution in [3.63, 3.8) is 0 Å². The van der Waals surface area contributed by atoms with Crippen LogP contribution in [0.1, 0.15) is 10.4 Å². The second-order valence-corrected chi connectivity index (χ2v) is 6.38. The fourth-order valence-corrected chi connectivity index (χ4v) is 2.90. The molecule has 0 fully saturated rings. The normalized spacial score (nSPS) is 11.7. The number of rotatable bonds is 3. The molecule has 0 aliphatic rings. The van der Waals surface area contributed by atoms with E-state index in [-0.39, 0.29) is 5.56 Å². The van der Waals surface area contributed by atoms with Crippen molar-refractivity contribution >= 4 is 34.2 Å². The molecule has 27 heavy (non-hydrogen) atoms. The summed E-state index contributed by atoms with van der Waals surface area (Å²) in [5, 5.41) is 13.1. The molecule has 0 bridgehead atoms. The number of halogens is 1. The summed E-state index contributed by atoms with van der Waals surface area (Å²) in [6.45, 7) is 0. The molecule has 0 atom stereocenters. The first-order valence-corrected chi connectivity index (χ1v) is 8.63. The highest BCUT2D eigenvalue weighted by Crippen LogP contribution is 2.24. The Morgan fingerprint density at radius 3 is 2.33 bits per heavy atom. The van der Waals surface area contributed by atoms with E-state index in [9.17, 15) is 9.90 Å². The zero-order valence-electron chi connectivity index (χ0n) is 14.1. The SMILES string of the molecule is O=C([O-])c1ccc(N=c2cc(-c3ccc(Cl)cc3)oc3ccccc23)cc1. The minimum atomic E-state index is -1.21. The summed E-state index contributed by atoms with van der Waals surface area (Å²) in [6.07, 6.45) is 0. The topological polar surface area (TPSA) is 65.6 Å². The first-order valence-electron chi connectivity index (χ1n) is 8.25. The van der Waals surface area contributed by atoms with Crippen LogP contribution in [0, 0.1) is 0 Å². The van der Waals surface area contributed by atoms with Gasteiger partial charge in [0.2, 0.25) is 0 Å². The Morgan fingerprint density at radius 2 is 1.63 bits per heavy atom. The van der Waals surface area contributed by atoms with Crippen molar-refractivity contribution in [1.29, 1.82) is 0 Å². The Morgan fingerprint density at radius 1 is 0.926 bits per heavy atom. The van der Waals surface area contributed by atoms with E-state index in [1.165, 1.54) is 12.1 Å². The molecule has 0 saturated heterocycles. The molecular formula is C22H13ClNO3-. The predicted molar refractivity (Wildman–Crippen MR) is 103 cm³/mol. The number of para-hydroxylation sites is 1. The second kappa shape index (κ2) is 7.09. The summed E-state index contributed by atoms with van der Waals surface area (Å²) in [7, 11) is 0. The van der Waals surface area contributed by atoms with Gasteiger partial charge in [0.15, 0.2) is 0 Å². The van der Waals surface area contributed by atoms with Gasteiger partial charge in [-0.25, -0.2) is 4.99 Å². The predicted octanol–water partition coefficient (Wildman–Crippen LogP) is 4.35. The summed E-state index contributed by atoms with van der Waals surface area (Å²) in [5.74, 6) is -0.550. The molecular weight excluding hydrogens is 362 g/mol. The van der Waals surface area contributed by atoms with Gasteiger partial charge in [-0.05, 0) is 54.1 Å². The van der Waals surface area contributed by atoms with E-state index in [1.54, 1.807) is 24.3 Å². The quantitative estimate of drug-likeness (QED) is 0.535. The maximum atomic E-state index is 10.9. The fourth-order valence-electron chi connectivity index (χ4n) is 2.78. The highest BCUT2D eigenvalue weighted by Gasteiger charge is 2.06. The van der Waals surface area contributed by atoms with Crippen LogP contribution in [-0.4, -0.2) is 5.97 Å². The second-order valence-electron chi connectivity index (χ2n) is 5.95. The molecule has 132 valence electrons. The van der Waals surface area contributed by atoms with Crippen molar-refractivity contribution < 1.29 is 14.3 Å². The van der Waals surface area contributed by atoms with Gasteiger partial charge in [0, 0.05) is 22.0 Å². The molecule has 0 radical (unpaired) electrons. The molecule has 0 N–H and O–H groups in total. The highest BCUT2D eigenvalue weighted by atomic mass is 35.5. The van der Waals surface area contributed by atoms with E-state index in [0.29, 0.717) is 22.1 Å². The molecule has 0 aliphatic heterocycles. The molecule has 0 spiro atoms. The van der Waals surface area contributed by atoms with Crippen LogP contribution in [0.25, 0.3) is 22.3 Å². The van der Waals surface area contributed by atoms with Gasteiger partial charge in [0.25, 0.3) is 0 Å². The lowest BCUT2D eigenvalue weighted by atomic mass is 10.1. The lowest BCUT2D eigenvalue weighted by Gasteiger charge is -2.06. The Bertz CT molecular complexity index is 1190. The number of hydrogen-bond donors (Lipinski definition) is 0. The van der Waals surface area contributed by atoms with Crippen LogP contribution < -0.4 is 10.5 Å². The highest BCUT2D eigenvalue weighted by molar-refractivity contribution is 6.30. The molecule has 4 nitrogen and oxygen atoms in total. The molecule has 3 aromatic carbocycles. The zero-order chi connectivity index (χ0) is 18.8. The number of carboxylic acids is 1. The molecule has 4 rings (SSSR count). The van der Waals surface area contributed by atoms with Crippen molar-refractivity contribution in [2.45, 2.75) is 0 Å². The first kappa shape index (κ1) is 17.1. The lowest BCUT2D eigenvalue weighted by molar-refractivity contribution is -0.255. The standard InChI is InChI=1S/C22H14ClNO3/c23-16-9-5-14(6-10-16)21-13-19(18-3-1-2-4-20(18)27-21)24-17-11-7-15(8-12-17)22(25)26/h1-13H,(H,25,26)/p-1. The molecule has 1 heterocycles. The number of benzene rings is 3. The summed E-state index contributed by atoms with van der Waals surface area (Å²) in [6, 6.07) is 23.1. The summed E-state index contributed by atoms with van der Waals surface area (Å²) in [5.41, 5.74) is 2.34. The van der Waals surface area contributed by atoms with Gasteiger partial charge in [-0.1, -0.05) is 35.9 Å². The molecule has 0 amide bonds. The van der Waals surface area contributed by atoms with Crippen LogP contribution >= 0.6 is 11.6 Å². The van der Waals surface area contributed by atoms with E-state index in [0.717, 1.165) is 16.3 Å². The lowest BCUT2D eigenvalue weighted by Crippen LogP contribution is -2.21. The van der Waals surface area contributed by atoms with Gasteiger partial charge < -0.3 is 14.3 Å². The summed E-state index contributed by atoms with van der Waals surface area (Å²) in [4.78, 5) is 15.6. The number of hydrogen-bond acceptors (Lipinski definition) is 4. The summed E-state index contributed by atoms with van der Waals surface area (Å²) >= 11 is 5.97. The van der Waals surface area contributed by atoms with Crippen LogP contribution in [0.5, 0.6) is 0 Å². The van der Waals surface area contributed by atoms with Crippen molar-refractivity contribution in [2.24, 2.45) is 4.99 Å². The number of nitrogens with zero attached hydrogens (tertiary/aromatic N) is 1. The number of carbonyl (C=O) groups excluding carboxylic acids is 1. The van der Waals surface area contributed by atoms with E-state index >= 15 is 0 Å².